The first-order valence-electron chi connectivity index (χ1n) is 8.34. The van der Waals surface area contributed by atoms with Crippen molar-refractivity contribution in [1.82, 2.24) is 4.90 Å². The minimum atomic E-state index is -1.05. The Labute approximate surface area is 141 Å². The summed E-state index contributed by atoms with van der Waals surface area (Å²) in [7, 11) is 1.59. The normalized spacial score (nSPS) is 25.7. The van der Waals surface area contributed by atoms with Gasteiger partial charge in [0, 0.05) is 13.0 Å². The van der Waals surface area contributed by atoms with Gasteiger partial charge in [-0.05, 0) is 30.5 Å². The number of amides is 1. The first kappa shape index (κ1) is 16.8. The van der Waals surface area contributed by atoms with Gasteiger partial charge in [0.05, 0.1) is 18.6 Å². The monoisotopic (exact) mass is 333 g/mol. The van der Waals surface area contributed by atoms with Crippen LogP contribution in [0.4, 0.5) is 0 Å². The number of hydrogen-bond donors (Lipinski definition) is 2. The molecule has 6 heteroatoms. The van der Waals surface area contributed by atoms with Crippen molar-refractivity contribution in [2.45, 2.75) is 49.7 Å². The highest BCUT2D eigenvalue weighted by Crippen LogP contribution is 2.44. The Hall–Kier alpha value is -2.08. The number of likely N-dealkylation sites (tertiary alicyclic amines) is 1. The Morgan fingerprint density at radius 1 is 1.21 bits per heavy atom. The zero-order chi connectivity index (χ0) is 17.3. The summed E-state index contributed by atoms with van der Waals surface area (Å²) in [6, 6.07) is 6.50. The number of nitrogens with zero attached hydrogens (tertiary/aromatic N) is 1. The second kappa shape index (κ2) is 6.43. The van der Waals surface area contributed by atoms with Crippen molar-refractivity contribution in [3.05, 3.63) is 29.8 Å². The van der Waals surface area contributed by atoms with Crippen LogP contribution in [-0.4, -0.2) is 52.8 Å². The van der Waals surface area contributed by atoms with Gasteiger partial charge in [-0.25, -0.2) is 4.79 Å². The number of benzene rings is 1. The Balaban J connectivity index is 1.94. The van der Waals surface area contributed by atoms with E-state index < -0.39 is 23.5 Å². The van der Waals surface area contributed by atoms with Crippen molar-refractivity contribution < 1.29 is 24.5 Å². The van der Waals surface area contributed by atoms with E-state index in [1.54, 1.807) is 7.11 Å². The molecule has 1 saturated heterocycles. The van der Waals surface area contributed by atoms with Crippen LogP contribution in [0, 0.1) is 0 Å². The van der Waals surface area contributed by atoms with Gasteiger partial charge in [0.25, 0.3) is 0 Å². The molecule has 6 nitrogen and oxygen atoms in total. The van der Waals surface area contributed by atoms with Gasteiger partial charge in [0.15, 0.2) is 0 Å². The minimum absolute atomic E-state index is 0.0910. The lowest BCUT2D eigenvalue weighted by Crippen LogP contribution is -2.50. The molecule has 0 aromatic heterocycles. The molecule has 1 aliphatic carbocycles. The first-order valence-corrected chi connectivity index (χ1v) is 8.34. The molecule has 1 heterocycles. The quantitative estimate of drug-likeness (QED) is 0.873. The molecule has 0 unspecified atom stereocenters. The fraction of sp³-hybridized carbons (Fsp3) is 0.556. The van der Waals surface area contributed by atoms with E-state index >= 15 is 0 Å². The van der Waals surface area contributed by atoms with E-state index in [9.17, 15) is 19.8 Å². The summed E-state index contributed by atoms with van der Waals surface area (Å²) >= 11 is 0. The van der Waals surface area contributed by atoms with Crippen molar-refractivity contribution in [3.63, 3.8) is 0 Å². The van der Waals surface area contributed by atoms with Gasteiger partial charge in [0.2, 0.25) is 5.91 Å². The van der Waals surface area contributed by atoms with Crippen LogP contribution in [0.15, 0.2) is 24.3 Å². The average molecular weight is 333 g/mol. The molecule has 1 aliphatic heterocycles. The Bertz CT molecular complexity index is 621. The van der Waals surface area contributed by atoms with Crippen molar-refractivity contribution in [2.75, 3.05) is 13.7 Å². The number of ether oxygens (including phenoxy) is 1. The van der Waals surface area contributed by atoms with Crippen LogP contribution in [-0.2, 0) is 15.0 Å². The number of carbonyl (C=O) groups is 2. The van der Waals surface area contributed by atoms with Gasteiger partial charge < -0.3 is 19.8 Å². The van der Waals surface area contributed by atoms with Gasteiger partial charge in [0.1, 0.15) is 11.8 Å². The molecule has 130 valence electrons. The highest BCUT2D eigenvalue weighted by atomic mass is 16.5. The van der Waals surface area contributed by atoms with E-state index in [4.69, 9.17) is 4.74 Å². The summed E-state index contributed by atoms with van der Waals surface area (Å²) < 4.78 is 5.18. The van der Waals surface area contributed by atoms with Crippen LogP contribution in [0.1, 0.15) is 37.7 Å². The molecule has 24 heavy (non-hydrogen) atoms. The maximum absolute atomic E-state index is 13.3. The second-order valence-electron chi connectivity index (χ2n) is 6.72. The van der Waals surface area contributed by atoms with E-state index in [1.165, 1.54) is 4.90 Å². The van der Waals surface area contributed by atoms with Crippen LogP contribution in [0.3, 0.4) is 0 Å². The van der Waals surface area contributed by atoms with Gasteiger partial charge in [-0.2, -0.15) is 0 Å². The molecule has 1 aromatic rings. The molecule has 1 amide bonds. The summed E-state index contributed by atoms with van der Waals surface area (Å²) in [5.74, 6) is -0.503. The van der Waals surface area contributed by atoms with E-state index in [1.807, 2.05) is 24.3 Å². The maximum Gasteiger partial charge on any atom is 0.326 e. The third-order valence-electron chi connectivity index (χ3n) is 5.33. The van der Waals surface area contributed by atoms with Gasteiger partial charge in [-0.1, -0.05) is 25.0 Å². The number of aliphatic hydroxyl groups is 1. The minimum Gasteiger partial charge on any atom is -0.497 e. The van der Waals surface area contributed by atoms with Crippen LogP contribution < -0.4 is 4.74 Å². The molecule has 2 fully saturated rings. The highest BCUT2D eigenvalue weighted by molar-refractivity contribution is 5.92. The van der Waals surface area contributed by atoms with E-state index in [0.29, 0.717) is 12.8 Å². The fourth-order valence-electron chi connectivity index (χ4n) is 4.06. The number of carboxylic acids is 1. The molecule has 0 bridgehead atoms. The fourth-order valence-corrected chi connectivity index (χ4v) is 4.06. The number of aliphatic carboxylic acids is 1. The second-order valence-corrected chi connectivity index (χ2v) is 6.72. The molecular weight excluding hydrogens is 310 g/mol. The van der Waals surface area contributed by atoms with E-state index in [2.05, 4.69) is 0 Å². The number of β-amino-alcohol motifs (C(OH)–C–C–N with tert-alkyl or cyclic N) is 1. The first-order chi connectivity index (χ1) is 11.5. The predicted molar refractivity (Wildman–Crippen MR) is 86.9 cm³/mol. The molecule has 3 rings (SSSR count). The number of carbonyl (C=O) groups excluding carboxylic acids is 1. The number of rotatable bonds is 4. The molecule has 0 radical (unpaired) electrons. The summed E-state index contributed by atoms with van der Waals surface area (Å²) in [6.45, 7) is 0.0910. The highest BCUT2D eigenvalue weighted by Gasteiger charge is 2.50. The summed E-state index contributed by atoms with van der Waals surface area (Å²) in [6.07, 6.45) is 2.61. The van der Waals surface area contributed by atoms with Gasteiger partial charge >= 0.3 is 5.97 Å². The van der Waals surface area contributed by atoms with Gasteiger partial charge in [-0.3, -0.25) is 4.79 Å². The topological polar surface area (TPSA) is 87.1 Å². The standard InChI is InChI=1S/C18H23NO5/c1-24-14-6-4-12(5-7-14)18(8-2-3-9-18)17(23)19-11-13(20)10-15(19)16(21)22/h4-7,13,15,20H,2-3,8-11H2,1H3,(H,21,22)/t13-,15+/m0/s1. The predicted octanol–water partition coefficient (Wildman–Crippen LogP) is 1.55. The molecule has 1 saturated carbocycles. The zero-order valence-electron chi connectivity index (χ0n) is 13.8. The molecule has 2 atom stereocenters. The Morgan fingerprint density at radius 2 is 1.83 bits per heavy atom. The summed E-state index contributed by atoms with van der Waals surface area (Å²) in [5.41, 5.74) is 0.209. The number of methoxy groups -OCH3 is 1. The van der Waals surface area contributed by atoms with Crippen molar-refractivity contribution in [3.8, 4) is 5.75 Å². The smallest absolute Gasteiger partial charge is 0.326 e. The van der Waals surface area contributed by atoms with Crippen LogP contribution in [0.25, 0.3) is 0 Å². The maximum atomic E-state index is 13.3. The third kappa shape index (κ3) is 2.75. The van der Waals surface area contributed by atoms with Crippen LogP contribution in [0.2, 0.25) is 0 Å². The number of carboxylic acid groups (broad SMARTS) is 1. The van der Waals surface area contributed by atoms with E-state index in [-0.39, 0.29) is 18.9 Å². The Kier molecular flexibility index (Phi) is 4.49. The Morgan fingerprint density at radius 3 is 2.38 bits per heavy atom. The molecule has 0 spiro atoms. The van der Waals surface area contributed by atoms with Crippen LogP contribution in [0.5, 0.6) is 5.75 Å². The molecule has 2 aliphatic rings. The zero-order valence-corrected chi connectivity index (χ0v) is 13.8. The SMILES string of the molecule is COc1ccc(C2(C(=O)N3C[C@@H](O)C[C@@H]3C(=O)O)CCCC2)cc1. The van der Waals surface area contributed by atoms with Crippen molar-refractivity contribution in [2.24, 2.45) is 0 Å². The summed E-state index contributed by atoms with van der Waals surface area (Å²) in [4.78, 5) is 26.1. The van der Waals surface area contributed by atoms with Gasteiger partial charge in [-0.15, -0.1) is 0 Å². The lowest BCUT2D eigenvalue weighted by molar-refractivity contribution is -0.150. The lowest BCUT2D eigenvalue weighted by atomic mass is 9.77. The third-order valence-corrected chi connectivity index (χ3v) is 5.33. The molecular formula is C18H23NO5. The number of aliphatic hydroxyl groups excluding tert-OH is 1. The molecule has 1 aromatic carbocycles. The lowest BCUT2D eigenvalue weighted by Gasteiger charge is -2.34. The largest absolute Gasteiger partial charge is 0.497 e. The number of hydrogen-bond acceptors (Lipinski definition) is 4. The summed E-state index contributed by atoms with van der Waals surface area (Å²) in [5, 5.41) is 19.3. The molecule has 2 N–H and O–H groups in total. The average Bonchev–Trinajstić information content (AvgIpc) is 3.22. The van der Waals surface area contributed by atoms with Crippen LogP contribution >= 0.6 is 0 Å². The van der Waals surface area contributed by atoms with Crippen molar-refractivity contribution in [1.29, 1.82) is 0 Å². The van der Waals surface area contributed by atoms with Crippen molar-refractivity contribution >= 4 is 11.9 Å². The van der Waals surface area contributed by atoms with E-state index in [0.717, 1.165) is 24.2 Å².